The molecule has 0 aliphatic carbocycles. The number of rotatable bonds is 6. The molecule has 5 aliphatic heterocycles. The first-order valence-corrected chi connectivity index (χ1v) is 17.2. The molecule has 1 unspecified atom stereocenters. The number of carbonyl (C=O) groups is 3. The summed E-state index contributed by atoms with van der Waals surface area (Å²) in [5.74, 6) is 1.16. The zero-order valence-corrected chi connectivity index (χ0v) is 27.0. The van der Waals surface area contributed by atoms with Crippen molar-refractivity contribution < 1.29 is 28.6 Å². The van der Waals surface area contributed by atoms with Gasteiger partial charge in [-0.1, -0.05) is 24.3 Å². The monoisotopic (exact) mass is 646 g/mol. The molecule has 252 valence electrons. The Labute approximate surface area is 276 Å². The molecule has 7 rings (SSSR count). The molecule has 2 aromatic carbocycles. The second-order valence-electron chi connectivity index (χ2n) is 13.1. The summed E-state index contributed by atoms with van der Waals surface area (Å²) in [6.45, 7) is 7.47. The Kier molecular flexibility index (Phi) is 9.66. The molecule has 0 aromatic heterocycles. The summed E-state index contributed by atoms with van der Waals surface area (Å²) >= 11 is 0. The molecule has 3 fully saturated rings. The summed E-state index contributed by atoms with van der Waals surface area (Å²) < 4.78 is 17.5. The highest BCUT2D eigenvalue weighted by Crippen LogP contribution is 2.32. The lowest BCUT2D eigenvalue weighted by molar-refractivity contribution is -0.143. The van der Waals surface area contributed by atoms with Crippen molar-refractivity contribution in [3.63, 3.8) is 0 Å². The number of anilines is 1. The maximum absolute atomic E-state index is 14.0. The van der Waals surface area contributed by atoms with Crippen molar-refractivity contribution in [2.75, 3.05) is 77.4 Å². The molecule has 4 amide bonds. The number of amides is 4. The molecule has 0 radical (unpaired) electrons. The summed E-state index contributed by atoms with van der Waals surface area (Å²) in [6.07, 6.45) is 3.16. The number of nitrogens with one attached hydrogen (secondary N) is 2. The number of hydrogen-bond donors (Lipinski definition) is 2. The number of nitrogens with zero attached hydrogens (tertiary/aromatic N) is 4. The van der Waals surface area contributed by atoms with E-state index in [1.54, 1.807) is 4.90 Å². The third-order valence-electron chi connectivity index (χ3n) is 10.3. The van der Waals surface area contributed by atoms with Gasteiger partial charge in [0.15, 0.2) is 17.6 Å². The van der Waals surface area contributed by atoms with E-state index in [1.165, 1.54) is 0 Å². The van der Waals surface area contributed by atoms with Crippen LogP contribution >= 0.6 is 0 Å². The van der Waals surface area contributed by atoms with Crippen molar-refractivity contribution in [2.24, 2.45) is 0 Å². The minimum Gasteiger partial charge on any atom is -0.486 e. The largest absolute Gasteiger partial charge is 0.486 e. The molecular formula is C35H46N6O6. The van der Waals surface area contributed by atoms with Gasteiger partial charge in [0, 0.05) is 70.0 Å². The first-order chi connectivity index (χ1) is 23.0. The second kappa shape index (κ2) is 14.4. The fourth-order valence-corrected chi connectivity index (χ4v) is 7.59. The van der Waals surface area contributed by atoms with Gasteiger partial charge in [-0.2, -0.15) is 0 Å². The Bertz CT molecular complexity index is 1430. The Hall–Kier alpha value is -4.03. The van der Waals surface area contributed by atoms with Crippen LogP contribution in [0.2, 0.25) is 0 Å². The van der Waals surface area contributed by atoms with Gasteiger partial charge in [0.25, 0.3) is 5.91 Å². The molecule has 5 aliphatic rings. The van der Waals surface area contributed by atoms with Crippen LogP contribution in [0, 0.1) is 0 Å². The standard InChI is InChI=1S/C35H46N6O6/c42-33(39-19-17-38(18-20-39)27-7-12-36-13-8-27)32(24-25-5-6-30-31(23-25)46-22-21-45-30)47-35(44)40-14-10-28(11-15-40)41-16-9-26-3-1-2-4-29(26)37-34(41)43/h1-6,23,27-28,32,36H,7-22,24H2,(H,37,43). The van der Waals surface area contributed by atoms with E-state index in [-0.39, 0.29) is 24.4 Å². The average molecular weight is 647 g/mol. The molecule has 2 N–H and O–H groups in total. The van der Waals surface area contributed by atoms with Gasteiger partial charge in [0.1, 0.15) is 13.2 Å². The van der Waals surface area contributed by atoms with Crippen LogP contribution in [-0.2, 0) is 22.4 Å². The summed E-state index contributed by atoms with van der Waals surface area (Å²) in [7, 11) is 0. The summed E-state index contributed by atoms with van der Waals surface area (Å²) in [4.78, 5) is 48.6. The number of hydrogen-bond acceptors (Lipinski definition) is 8. The van der Waals surface area contributed by atoms with E-state index in [2.05, 4.69) is 21.6 Å². The molecule has 5 heterocycles. The average Bonchev–Trinajstić information content (AvgIpc) is 3.29. The predicted octanol–water partition coefficient (Wildman–Crippen LogP) is 2.96. The van der Waals surface area contributed by atoms with Crippen LogP contribution in [0.15, 0.2) is 42.5 Å². The minimum atomic E-state index is -0.955. The highest BCUT2D eigenvalue weighted by atomic mass is 16.6. The SMILES string of the molecule is O=C(OC(Cc1ccc2c(c1)OCCO2)C(=O)N1CCN(C2CCNCC2)CC1)N1CCC(N2CCc3ccccc3NC2=O)CC1. The molecule has 1 atom stereocenters. The maximum atomic E-state index is 14.0. The molecule has 0 spiro atoms. The van der Waals surface area contributed by atoms with Crippen molar-refractivity contribution in [3.8, 4) is 11.5 Å². The van der Waals surface area contributed by atoms with Crippen LogP contribution in [0.1, 0.15) is 36.8 Å². The molecule has 47 heavy (non-hydrogen) atoms. The molecule has 0 saturated carbocycles. The van der Waals surface area contributed by atoms with E-state index in [1.807, 2.05) is 46.2 Å². The molecule has 12 nitrogen and oxygen atoms in total. The quantitative estimate of drug-likeness (QED) is 0.493. The lowest BCUT2D eigenvalue weighted by atomic mass is 10.0. The molecule has 2 aromatic rings. The fraction of sp³-hybridized carbons (Fsp3) is 0.571. The van der Waals surface area contributed by atoms with Gasteiger partial charge in [0.2, 0.25) is 0 Å². The van der Waals surface area contributed by atoms with Gasteiger partial charge in [-0.05, 0) is 74.5 Å². The minimum absolute atomic E-state index is 0.0275. The van der Waals surface area contributed by atoms with Crippen molar-refractivity contribution in [1.82, 2.24) is 24.9 Å². The van der Waals surface area contributed by atoms with E-state index in [0.29, 0.717) is 76.3 Å². The lowest BCUT2D eigenvalue weighted by Gasteiger charge is -2.41. The van der Waals surface area contributed by atoms with Crippen molar-refractivity contribution in [3.05, 3.63) is 53.6 Å². The zero-order chi connectivity index (χ0) is 32.2. The van der Waals surface area contributed by atoms with Crippen LogP contribution in [-0.4, -0.2) is 128 Å². The van der Waals surface area contributed by atoms with Gasteiger partial charge in [0.05, 0.1) is 0 Å². The maximum Gasteiger partial charge on any atom is 0.410 e. The van der Waals surface area contributed by atoms with Crippen LogP contribution < -0.4 is 20.1 Å². The van der Waals surface area contributed by atoms with E-state index < -0.39 is 12.2 Å². The Morgan fingerprint density at radius 1 is 0.830 bits per heavy atom. The van der Waals surface area contributed by atoms with Gasteiger partial charge in [-0.15, -0.1) is 0 Å². The normalized spacial score (nSPS) is 21.8. The highest BCUT2D eigenvalue weighted by molar-refractivity contribution is 5.91. The lowest BCUT2D eigenvalue weighted by Crippen LogP contribution is -2.56. The number of carbonyl (C=O) groups excluding carboxylic acids is 3. The van der Waals surface area contributed by atoms with E-state index in [9.17, 15) is 14.4 Å². The summed E-state index contributed by atoms with van der Waals surface area (Å²) in [5, 5.41) is 6.48. The van der Waals surface area contributed by atoms with Crippen molar-refractivity contribution >= 4 is 23.7 Å². The number of urea groups is 1. The number of benzene rings is 2. The number of fused-ring (bicyclic) bond motifs is 2. The van der Waals surface area contributed by atoms with E-state index >= 15 is 0 Å². The topological polar surface area (TPSA) is 116 Å². The van der Waals surface area contributed by atoms with E-state index in [0.717, 1.165) is 62.3 Å². The Balaban J connectivity index is 0.987. The van der Waals surface area contributed by atoms with Crippen LogP contribution in [0.25, 0.3) is 0 Å². The van der Waals surface area contributed by atoms with Crippen molar-refractivity contribution in [1.29, 1.82) is 0 Å². The van der Waals surface area contributed by atoms with Crippen LogP contribution in [0.3, 0.4) is 0 Å². The third-order valence-corrected chi connectivity index (χ3v) is 10.3. The molecule has 3 saturated heterocycles. The van der Waals surface area contributed by atoms with Gasteiger partial charge < -0.3 is 39.5 Å². The second-order valence-corrected chi connectivity index (χ2v) is 13.1. The van der Waals surface area contributed by atoms with Crippen molar-refractivity contribution in [2.45, 2.75) is 56.7 Å². The van der Waals surface area contributed by atoms with Gasteiger partial charge >= 0.3 is 12.1 Å². The number of para-hydroxylation sites is 1. The highest BCUT2D eigenvalue weighted by Gasteiger charge is 2.36. The zero-order valence-electron chi connectivity index (χ0n) is 27.0. The summed E-state index contributed by atoms with van der Waals surface area (Å²) in [5.41, 5.74) is 2.84. The number of piperazine rings is 1. The number of likely N-dealkylation sites (tertiary alicyclic amines) is 1. The number of piperidine rings is 2. The smallest absolute Gasteiger partial charge is 0.410 e. The number of ether oxygens (including phenoxy) is 3. The molecular weight excluding hydrogens is 600 g/mol. The van der Waals surface area contributed by atoms with E-state index in [4.69, 9.17) is 14.2 Å². The first-order valence-electron chi connectivity index (χ1n) is 17.2. The molecule has 12 heteroatoms. The van der Waals surface area contributed by atoms with Crippen LogP contribution in [0.4, 0.5) is 15.3 Å². The Morgan fingerprint density at radius 3 is 2.36 bits per heavy atom. The van der Waals surface area contributed by atoms with Gasteiger partial charge in [-0.25, -0.2) is 9.59 Å². The van der Waals surface area contributed by atoms with Crippen LogP contribution in [0.5, 0.6) is 11.5 Å². The molecule has 0 bridgehead atoms. The summed E-state index contributed by atoms with van der Waals surface area (Å²) in [6, 6.07) is 14.0. The first kappa shape index (κ1) is 31.6. The third kappa shape index (κ3) is 7.28. The fourth-order valence-electron chi connectivity index (χ4n) is 7.59. The van der Waals surface area contributed by atoms with Gasteiger partial charge in [-0.3, -0.25) is 9.69 Å². The Morgan fingerprint density at radius 2 is 1.57 bits per heavy atom. The predicted molar refractivity (Wildman–Crippen MR) is 176 cm³/mol.